The lowest BCUT2D eigenvalue weighted by atomic mass is 10.0. The van der Waals surface area contributed by atoms with E-state index in [1.165, 1.54) is 0 Å². The van der Waals surface area contributed by atoms with Crippen LogP contribution in [0.3, 0.4) is 0 Å². The van der Waals surface area contributed by atoms with Crippen molar-refractivity contribution in [2.45, 2.75) is 13.3 Å². The molecule has 0 saturated carbocycles. The first kappa shape index (κ1) is 17.4. The molecule has 7 heteroatoms. The second-order valence-electron chi connectivity index (χ2n) is 6.86. The van der Waals surface area contributed by atoms with Gasteiger partial charge in [-0.1, -0.05) is 22.9 Å². The Morgan fingerprint density at radius 1 is 1.14 bits per heavy atom. The second kappa shape index (κ2) is 6.43. The zero-order valence-corrected chi connectivity index (χ0v) is 16.2. The minimum absolute atomic E-state index is 0.215. The van der Waals surface area contributed by atoms with Crippen molar-refractivity contribution in [3.8, 4) is 23.7 Å². The number of hydrogen-bond acceptors (Lipinski definition) is 4. The van der Waals surface area contributed by atoms with Crippen molar-refractivity contribution >= 4 is 17.4 Å². The van der Waals surface area contributed by atoms with Crippen molar-refractivity contribution in [1.29, 1.82) is 0 Å². The number of rotatable bonds is 2. The Balaban J connectivity index is 1.75. The minimum atomic E-state index is -0.215. The van der Waals surface area contributed by atoms with Crippen LogP contribution in [0.2, 0.25) is 5.02 Å². The number of carbonyl (C=O) groups is 1. The number of nitrogens with zero attached hydrogens (tertiary/aromatic N) is 5. The van der Waals surface area contributed by atoms with E-state index in [9.17, 15) is 4.79 Å². The molecule has 2 aromatic carbocycles. The predicted octanol–water partition coefficient (Wildman–Crippen LogP) is 3.53. The molecule has 0 radical (unpaired) electrons. The van der Waals surface area contributed by atoms with Gasteiger partial charge < -0.3 is 0 Å². The van der Waals surface area contributed by atoms with Crippen molar-refractivity contribution in [2.24, 2.45) is 0 Å². The highest BCUT2D eigenvalue weighted by Gasteiger charge is 2.28. The molecule has 0 aliphatic carbocycles. The van der Waals surface area contributed by atoms with Crippen LogP contribution in [0, 0.1) is 19.3 Å². The summed E-state index contributed by atoms with van der Waals surface area (Å²) in [6.45, 7) is 2.00. The summed E-state index contributed by atoms with van der Waals surface area (Å²) in [4.78, 5) is 17.5. The molecule has 1 aliphatic rings. The van der Waals surface area contributed by atoms with Crippen LogP contribution >= 0.6 is 11.6 Å². The maximum Gasteiger partial charge on any atom is 0.215 e. The largest absolute Gasteiger partial charge is 0.299 e. The monoisotopic (exact) mass is 399 g/mol. The highest BCUT2D eigenvalue weighted by Crippen LogP contribution is 2.31. The van der Waals surface area contributed by atoms with Gasteiger partial charge in [0.2, 0.25) is 5.78 Å². The van der Waals surface area contributed by atoms with Crippen LogP contribution in [-0.4, -0.2) is 30.3 Å². The van der Waals surface area contributed by atoms with Crippen molar-refractivity contribution in [3.63, 3.8) is 0 Å². The predicted molar refractivity (Wildman–Crippen MR) is 109 cm³/mol. The van der Waals surface area contributed by atoms with Crippen molar-refractivity contribution < 1.29 is 4.79 Å². The molecule has 1 aliphatic heterocycles. The molecule has 0 unspecified atom stereocenters. The molecule has 2 aromatic heterocycles. The SMILES string of the molecule is C#Cc1ncn2c1Cc1c(C(=O)c3ccc(Cl)cc3)nnn1-c1cc(C)ccc1-2. The average Bonchev–Trinajstić information content (AvgIpc) is 3.29. The molecule has 0 bridgehead atoms. The van der Waals surface area contributed by atoms with E-state index in [0.717, 1.165) is 22.6 Å². The zero-order chi connectivity index (χ0) is 20.1. The third kappa shape index (κ3) is 2.67. The molecule has 0 saturated heterocycles. The fourth-order valence-electron chi connectivity index (χ4n) is 3.60. The molecule has 0 N–H and O–H groups in total. The summed E-state index contributed by atoms with van der Waals surface area (Å²) in [6.07, 6.45) is 7.76. The van der Waals surface area contributed by atoms with Gasteiger partial charge in [0.25, 0.3) is 0 Å². The summed E-state index contributed by atoms with van der Waals surface area (Å²) in [5.41, 5.74) is 5.59. The molecule has 0 spiro atoms. The number of imidazole rings is 1. The van der Waals surface area contributed by atoms with Crippen LogP contribution in [0.25, 0.3) is 11.4 Å². The number of benzene rings is 2. The third-order valence-electron chi connectivity index (χ3n) is 5.04. The number of aromatic nitrogens is 5. The first-order valence-corrected chi connectivity index (χ1v) is 9.33. The van der Waals surface area contributed by atoms with Crippen molar-refractivity contribution in [1.82, 2.24) is 24.5 Å². The summed E-state index contributed by atoms with van der Waals surface area (Å²) in [7, 11) is 0. The van der Waals surface area contributed by atoms with Gasteiger partial charge in [-0.15, -0.1) is 11.5 Å². The van der Waals surface area contributed by atoms with Crippen LogP contribution in [0.1, 0.15) is 38.7 Å². The Bertz CT molecular complexity index is 1320. The topological polar surface area (TPSA) is 65.6 Å². The van der Waals surface area contributed by atoms with E-state index in [2.05, 4.69) is 21.2 Å². The first-order valence-electron chi connectivity index (χ1n) is 8.96. The van der Waals surface area contributed by atoms with Crippen LogP contribution in [0.15, 0.2) is 48.8 Å². The smallest absolute Gasteiger partial charge is 0.215 e. The zero-order valence-electron chi connectivity index (χ0n) is 15.4. The van der Waals surface area contributed by atoms with E-state index < -0.39 is 0 Å². The first-order chi connectivity index (χ1) is 14.1. The summed E-state index contributed by atoms with van der Waals surface area (Å²) in [6, 6.07) is 12.7. The molecule has 5 rings (SSSR count). The van der Waals surface area contributed by atoms with E-state index >= 15 is 0 Å². The van der Waals surface area contributed by atoms with Gasteiger partial charge in [0.05, 0.1) is 22.8 Å². The lowest BCUT2D eigenvalue weighted by Crippen LogP contribution is -2.09. The van der Waals surface area contributed by atoms with E-state index in [0.29, 0.717) is 28.4 Å². The molecular weight excluding hydrogens is 386 g/mol. The number of carbonyl (C=O) groups excluding carboxylic acids is 1. The summed E-state index contributed by atoms with van der Waals surface area (Å²) in [5, 5.41) is 9.11. The molecular formula is C22H14ClN5O. The Morgan fingerprint density at radius 2 is 1.93 bits per heavy atom. The van der Waals surface area contributed by atoms with Crippen molar-refractivity contribution in [2.75, 3.05) is 0 Å². The Morgan fingerprint density at radius 3 is 2.69 bits per heavy atom. The number of aryl methyl sites for hydroxylation is 1. The maximum atomic E-state index is 13.2. The Kier molecular flexibility index (Phi) is 3.86. The Hall–Kier alpha value is -3.69. The van der Waals surface area contributed by atoms with Gasteiger partial charge in [0, 0.05) is 17.0 Å². The van der Waals surface area contributed by atoms with Gasteiger partial charge >= 0.3 is 0 Å². The normalized spacial score (nSPS) is 11.8. The number of hydrogen-bond donors (Lipinski definition) is 0. The van der Waals surface area contributed by atoms with Gasteiger partial charge in [-0.2, -0.15) is 0 Å². The minimum Gasteiger partial charge on any atom is -0.299 e. The van der Waals surface area contributed by atoms with E-state index in [-0.39, 0.29) is 11.5 Å². The lowest BCUT2D eigenvalue weighted by molar-refractivity contribution is 0.103. The van der Waals surface area contributed by atoms with Gasteiger partial charge in [0.1, 0.15) is 12.0 Å². The summed E-state index contributed by atoms with van der Waals surface area (Å²) >= 11 is 5.95. The summed E-state index contributed by atoms with van der Waals surface area (Å²) in [5.74, 6) is 2.42. The quantitative estimate of drug-likeness (QED) is 0.336. The molecule has 3 heterocycles. The molecule has 0 fully saturated rings. The average molecular weight is 400 g/mol. The van der Waals surface area contributed by atoms with Gasteiger partial charge in [-0.3, -0.25) is 9.36 Å². The molecule has 140 valence electrons. The highest BCUT2D eigenvalue weighted by atomic mass is 35.5. The Labute approximate surface area is 171 Å². The van der Waals surface area contributed by atoms with Gasteiger partial charge in [-0.05, 0) is 54.8 Å². The van der Waals surface area contributed by atoms with Crippen LogP contribution < -0.4 is 0 Å². The molecule has 4 aromatic rings. The number of ketones is 1. The van der Waals surface area contributed by atoms with E-state index in [4.69, 9.17) is 18.0 Å². The molecule has 0 atom stereocenters. The maximum absolute atomic E-state index is 13.2. The number of terminal acetylenes is 1. The number of fused-ring (bicyclic) bond motifs is 5. The van der Waals surface area contributed by atoms with E-state index in [1.807, 2.05) is 29.7 Å². The second-order valence-corrected chi connectivity index (χ2v) is 7.29. The lowest BCUT2D eigenvalue weighted by Gasteiger charge is -2.10. The fraction of sp³-hybridized carbons (Fsp3) is 0.0909. The third-order valence-corrected chi connectivity index (χ3v) is 5.29. The standard InChI is InChI=1S/C22H14ClN5O/c1-3-16-18-11-20-21(22(29)14-5-7-15(23)8-6-14)25-26-28(20)19-10-13(2)4-9-17(19)27(18)12-24-16/h1,4-10,12H,11H2,2H3. The molecule has 6 nitrogen and oxygen atoms in total. The van der Waals surface area contributed by atoms with Crippen molar-refractivity contribution in [3.05, 3.63) is 87.7 Å². The fourth-order valence-corrected chi connectivity index (χ4v) is 3.73. The highest BCUT2D eigenvalue weighted by molar-refractivity contribution is 6.30. The van der Waals surface area contributed by atoms with Gasteiger partial charge in [-0.25, -0.2) is 9.67 Å². The molecule has 0 amide bonds. The number of halogens is 1. The molecule has 29 heavy (non-hydrogen) atoms. The van der Waals surface area contributed by atoms with Gasteiger partial charge in [0.15, 0.2) is 5.69 Å². The summed E-state index contributed by atoms with van der Waals surface area (Å²) < 4.78 is 3.67. The van der Waals surface area contributed by atoms with Crippen LogP contribution in [0.5, 0.6) is 0 Å². The van der Waals surface area contributed by atoms with Crippen LogP contribution in [0.4, 0.5) is 0 Å². The van der Waals surface area contributed by atoms with E-state index in [1.54, 1.807) is 35.3 Å². The van der Waals surface area contributed by atoms with Crippen LogP contribution in [-0.2, 0) is 6.42 Å².